The highest BCUT2D eigenvalue weighted by Gasteiger charge is 2.05. The van der Waals surface area contributed by atoms with Gasteiger partial charge in [0.15, 0.2) is 11.5 Å². The minimum absolute atomic E-state index is 0.211. The van der Waals surface area contributed by atoms with E-state index >= 15 is 0 Å². The van der Waals surface area contributed by atoms with Gasteiger partial charge in [-0.15, -0.1) is 0 Å². The van der Waals surface area contributed by atoms with Crippen molar-refractivity contribution >= 4 is 22.7 Å². The summed E-state index contributed by atoms with van der Waals surface area (Å²) in [7, 11) is 0. The van der Waals surface area contributed by atoms with Gasteiger partial charge < -0.3 is 4.42 Å². The summed E-state index contributed by atoms with van der Waals surface area (Å²) in [6.07, 6.45) is -0.270. The van der Waals surface area contributed by atoms with Crippen LogP contribution in [0.25, 0.3) is 11.1 Å². The van der Waals surface area contributed by atoms with Crippen molar-refractivity contribution in [3.63, 3.8) is 0 Å². The molecule has 0 saturated carbocycles. The molecular formula is C11H8ClF2NO. The normalized spacial score (nSPS) is 10.7. The van der Waals surface area contributed by atoms with Crippen LogP contribution in [0.1, 0.15) is 12.3 Å². The highest BCUT2D eigenvalue weighted by molar-refractivity contribution is 6.31. The molecule has 1 heterocycles. The predicted molar refractivity (Wildman–Crippen MR) is 57.6 cm³/mol. The van der Waals surface area contributed by atoms with Gasteiger partial charge in [0.25, 0.3) is 6.08 Å². The van der Waals surface area contributed by atoms with Crippen molar-refractivity contribution in [3.8, 4) is 0 Å². The standard InChI is InChI=1S/C11H8ClF2NO/c12-7-4-5-9-8(6-7)15-11(16-9)3-1-2-10(13)14/h2,4-6H,1,3H2. The van der Waals surface area contributed by atoms with Gasteiger partial charge in [0, 0.05) is 11.4 Å². The number of aryl methyl sites for hydroxylation is 1. The van der Waals surface area contributed by atoms with Crippen molar-refractivity contribution in [2.24, 2.45) is 0 Å². The lowest BCUT2D eigenvalue weighted by Gasteiger charge is -1.87. The molecule has 0 aliphatic heterocycles. The van der Waals surface area contributed by atoms with Gasteiger partial charge in [0.1, 0.15) is 5.52 Å². The van der Waals surface area contributed by atoms with Crippen LogP contribution in [0.2, 0.25) is 5.02 Å². The Kier molecular flexibility index (Phi) is 3.19. The number of oxazole rings is 1. The van der Waals surface area contributed by atoms with E-state index < -0.39 is 6.08 Å². The van der Waals surface area contributed by atoms with Crippen LogP contribution < -0.4 is 0 Å². The first-order valence-electron chi connectivity index (χ1n) is 4.71. The maximum atomic E-state index is 11.8. The van der Waals surface area contributed by atoms with Crippen molar-refractivity contribution < 1.29 is 13.2 Å². The Hall–Kier alpha value is -1.42. The summed E-state index contributed by atoms with van der Waals surface area (Å²) in [4.78, 5) is 4.15. The minimum atomic E-state index is -1.68. The van der Waals surface area contributed by atoms with Crippen molar-refractivity contribution in [2.45, 2.75) is 12.8 Å². The Labute approximate surface area is 95.5 Å². The first-order chi connectivity index (χ1) is 7.65. The lowest BCUT2D eigenvalue weighted by atomic mass is 10.3. The fourth-order valence-corrected chi connectivity index (χ4v) is 1.53. The first kappa shape index (κ1) is 11.1. The molecular weight excluding hydrogens is 236 g/mol. The van der Waals surface area contributed by atoms with Crippen molar-refractivity contribution in [1.29, 1.82) is 0 Å². The molecule has 0 radical (unpaired) electrons. The average Bonchev–Trinajstić information content (AvgIpc) is 2.58. The SMILES string of the molecule is FC(F)=CCCc1nc2cc(Cl)ccc2o1. The molecule has 16 heavy (non-hydrogen) atoms. The maximum absolute atomic E-state index is 11.8. The van der Waals surface area contributed by atoms with Crippen LogP contribution in [-0.4, -0.2) is 4.98 Å². The smallest absolute Gasteiger partial charge is 0.266 e. The Bertz CT molecular complexity index is 532. The highest BCUT2D eigenvalue weighted by atomic mass is 35.5. The molecule has 1 aromatic heterocycles. The van der Waals surface area contributed by atoms with E-state index in [4.69, 9.17) is 16.0 Å². The van der Waals surface area contributed by atoms with Crippen LogP contribution in [0, 0.1) is 0 Å². The summed E-state index contributed by atoms with van der Waals surface area (Å²) >= 11 is 5.78. The molecule has 0 saturated heterocycles. The monoisotopic (exact) mass is 243 g/mol. The topological polar surface area (TPSA) is 26.0 Å². The lowest BCUT2D eigenvalue weighted by molar-refractivity contribution is 0.416. The number of hydrogen-bond donors (Lipinski definition) is 0. The summed E-state index contributed by atoms with van der Waals surface area (Å²) in [5.74, 6) is 0.440. The molecule has 2 nitrogen and oxygen atoms in total. The molecule has 0 aliphatic rings. The minimum Gasteiger partial charge on any atom is -0.441 e. The summed E-state index contributed by atoms with van der Waals surface area (Å²) in [5.41, 5.74) is 1.26. The average molecular weight is 244 g/mol. The molecule has 0 spiro atoms. The van der Waals surface area contributed by atoms with Gasteiger partial charge in [-0.05, 0) is 30.7 Å². The van der Waals surface area contributed by atoms with E-state index in [0.717, 1.165) is 6.08 Å². The van der Waals surface area contributed by atoms with Gasteiger partial charge >= 0.3 is 0 Å². The van der Waals surface area contributed by atoms with Gasteiger partial charge in [0.05, 0.1) is 0 Å². The van der Waals surface area contributed by atoms with E-state index in [0.29, 0.717) is 28.4 Å². The van der Waals surface area contributed by atoms with Crippen molar-refractivity contribution in [2.75, 3.05) is 0 Å². The second kappa shape index (κ2) is 4.61. The molecule has 0 bridgehead atoms. The van der Waals surface area contributed by atoms with Gasteiger partial charge in [-0.2, -0.15) is 8.78 Å². The number of hydrogen-bond acceptors (Lipinski definition) is 2. The molecule has 84 valence electrons. The van der Waals surface area contributed by atoms with E-state index in [-0.39, 0.29) is 6.42 Å². The molecule has 0 atom stereocenters. The van der Waals surface area contributed by atoms with E-state index in [1.165, 1.54) is 0 Å². The Morgan fingerprint density at radius 2 is 2.25 bits per heavy atom. The lowest BCUT2D eigenvalue weighted by Crippen LogP contribution is -1.82. The van der Waals surface area contributed by atoms with Gasteiger partial charge in [0.2, 0.25) is 0 Å². The van der Waals surface area contributed by atoms with Gasteiger partial charge in [-0.25, -0.2) is 4.98 Å². The zero-order valence-electron chi connectivity index (χ0n) is 8.21. The number of aromatic nitrogens is 1. The summed E-state index contributed by atoms with van der Waals surface area (Å²) in [6, 6.07) is 5.08. The number of allylic oxidation sites excluding steroid dienone is 1. The van der Waals surface area contributed by atoms with Crippen LogP contribution in [0.5, 0.6) is 0 Å². The summed E-state index contributed by atoms with van der Waals surface area (Å²) < 4.78 is 28.9. The zero-order chi connectivity index (χ0) is 11.5. The predicted octanol–water partition coefficient (Wildman–Crippen LogP) is 4.19. The number of nitrogens with zero attached hydrogens (tertiary/aromatic N) is 1. The Morgan fingerprint density at radius 3 is 3.00 bits per heavy atom. The van der Waals surface area contributed by atoms with Gasteiger partial charge in [-0.1, -0.05) is 11.6 Å². The van der Waals surface area contributed by atoms with Crippen LogP contribution in [0.15, 0.2) is 34.8 Å². The van der Waals surface area contributed by atoms with Crippen LogP contribution in [-0.2, 0) is 6.42 Å². The maximum Gasteiger partial charge on any atom is 0.266 e. The Balaban J connectivity index is 2.17. The molecule has 0 amide bonds. The fourth-order valence-electron chi connectivity index (χ4n) is 1.36. The molecule has 0 aliphatic carbocycles. The van der Waals surface area contributed by atoms with E-state index in [9.17, 15) is 8.78 Å². The van der Waals surface area contributed by atoms with Crippen molar-refractivity contribution in [1.82, 2.24) is 4.98 Å². The zero-order valence-corrected chi connectivity index (χ0v) is 8.97. The first-order valence-corrected chi connectivity index (χ1v) is 5.09. The summed E-state index contributed by atoms with van der Waals surface area (Å²) in [6.45, 7) is 0. The quantitative estimate of drug-likeness (QED) is 0.808. The highest BCUT2D eigenvalue weighted by Crippen LogP contribution is 2.20. The molecule has 0 fully saturated rings. The molecule has 2 rings (SSSR count). The number of rotatable bonds is 3. The van der Waals surface area contributed by atoms with Gasteiger partial charge in [-0.3, -0.25) is 0 Å². The van der Waals surface area contributed by atoms with E-state index in [2.05, 4.69) is 4.98 Å². The third kappa shape index (κ3) is 2.58. The largest absolute Gasteiger partial charge is 0.441 e. The number of halogens is 3. The second-order valence-electron chi connectivity index (χ2n) is 3.25. The van der Waals surface area contributed by atoms with E-state index in [1.54, 1.807) is 18.2 Å². The van der Waals surface area contributed by atoms with E-state index in [1.807, 2.05) is 0 Å². The van der Waals surface area contributed by atoms with Crippen molar-refractivity contribution in [3.05, 3.63) is 41.3 Å². The third-order valence-corrected chi connectivity index (χ3v) is 2.29. The molecule has 1 aromatic carbocycles. The molecule has 0 unspecified atom stereocenters. The van der Waals surface area contributed by atoms with Crippen LogP contribution in [0.4, 0.5) is 8.78 Å². The fraction of sp³-hybridized carbons (Fsp3) is 0.182. The van der Waals surface area contributed by atoms with Crippen LogP contribution in [0.3, 0.4) is 0 Å². The second-order valence-corrected chi connectivity index (χ2v) is 3.69. The van der Waals surface area contributed by atoms with Crippen LogP contribution >= 0.6 is 11.6 Å². The number of fused-ring (bicyclic) bond motifs is 1. The summed E-state index contributed by atoms with van der Waals surface area (Å²) in [5, 5.41) is 0.571. The molecule has 0 N–H and O–H groups in total. The Morgan fingerprint density at radius 1 is 1.44 bits per heavy atom. The molecule has 5 heteroatoms. The number of benzene rings is 1. The molecule has 2 aromatic rings. The third-order valence-electron chi connectivity index (χ3n) is 2.05.